The monoisotopic (exact) mass is 226 g/mol. The van der Waals surface area contributed by atoms with Crippen LogP contribution in [0.3, 0.4) is 0 Å². The van der Waals surface area contributed by atoms with Gasteiger partial charge in [0.25, 0.3) is 0 Å². The molecule has 14 heavy (non-hydrogen) atoms. The molecule has 0 bridgehead atoms. The van der Waals surface area contributed by atoms with Gasteiger partial charge in [-0.2, -0.15) is 5.26 Å². The van der Waals surface area contributed by atoms with Crippen LogP contribution in [0.2, 0.25) is 5.15 Å². The van der Waals surface area contributed by atoms with Crippen molar-refractivity contribution in [3.05, 3.63) is 15.0 Å². The third kappa shape index (κ3) is 1.92. The summed E-state index contributed by atoms with van der Waals surface area (Å²) in [5.74, 6) is 0.602. The maximum Gasteiger partial charge on any atom is 0.144 e. The van der Waals surface area contributed by atoms with Crippen molar-refractivity contribution in [2.45, 2.75) is 38.0 Å². The van der Waals surface area contributed by atoms with Crippen LogP contribution >= 0.6 is 22.9 Å². The Morgan fingerprint density at radius 2 is 2.21 bits per heavy atom. The fraction of sp³-hybridized carbons (Fsp3) is 0.600. The molecule has 0 aromatic carbocycles. The van der Waals surface area contributed by atoms with Gasteiger partial charge in [0, 0.05) is 5.92 Å². The minimum Gasteiger partial charge on any atom is -0.229 e. The van der Waals surface area contributed by atoms with Crippen LogP contribution in [0.15, 0.2) is 0 Å². The minimum atomic E-state index is 0.392. The third-order valence-electron chi connectivity index (χ3n) is 2.61. The van der Waals surface area contributed by atoms with Crippen molar-refractivity contribution in [1.29, 1.82) is 5.26 Å². The second kappa shape index (κ2) is 4.29. The molecule has 0 aliphatic heterocycles. The largest absolute Gasteiger partial charge is 0.229 e. The van der Waals surface area contributed by atoms with Gasteiger partial charge in [0.15, 0.2) is 0 Å². The first kappa shape index (κ1) is 9.95. The van der Waals surface area contributed by atoms with Crippen LogP contribution in [-0.4, -0.2) is 4.98 Å². The minimum absolute atomic E-state index is 0.392. The highest BCUT2D eigenvalue weighted by atomic mass is 35.5. The molecule has 2 nitrogen and oxygen atoms in total. The molecule has 1 heterocycles. The molecule has 1 fully saturated rings. The van der Waals surface area contributed by atoms with Gasteiger partial charge in [0.1, 0.15) is 5.15 Å². The summed E-state index contributed by atoms with van der Waals surface area (Å²) in [6.07, 6.45) is 5.46. The quantitative estimate of drug-likeness (QED) is 0.774. The summed E-state index contributed by atoms with van der Waals surface area (Å²) < 4.78 is 0. The highest BCUT2D eigenvalue weighted by molar-refractivity contribution is 7.12. The highest BCUT2D eigenvalue weighted by Gasteiger charge is 2.21. The molecule has 0 atom stereocenters. The van der Waals surface area contributed by atoms with Crippen LogP contribution in [0.4, 0.5) is 0 Å². The second-order valence-corrected chi connectivity index (χ2v) is 5.06. The molecule has 0 spiro atoms. The Kier molecular flexibility index (Phi) is 3.05. The summed E-state index contributed by atoms with van der Waals surface area (Å²) in [4.78, 5) is 5.27. The zero-order chi connectivity index (χ0) is 9.97. The maximum absolute atomic E-state index is 8.59. The van der Waals surface area contributed by atoms with Gasteiger partial charge in [0.2, 0.25) is 0 Å². The van der Waals surface area contributed by atoms with Gasteiger partial charge >= 0.3 is 0 Å². The Labute approximate surface area is 92.5 Å². The van der Waals surface area contributed by atoms with E-state index in [0.717, 1.165) is 9.88 Å². The summed E-state index contributed by atoms with van der Waals surface area (Å²) in [5.41, 5.74) is 0. The standard InChI is InChI=1S/C10H11ClN2S/c11-9-8(5-6-12)14-10(13-9)7-3-1-2-4-7/h7H,1-5H2. The number of rotatable bonds is 2. The Balaban J connectivity index is 2.19. The van der Waals surface area contributed by atoms with Crippen LogP contribution in [0.1, 0.15) is 41.5 Å². The van der Waals surface area contributed by atoms with Gasteiger partial charge in [-0.15, -0.1) is 11.3 Å². The Hall–Kier alpha value is -0.590. The number of aromatic nitrogens is 1. The molecule has 2 rings (SSSR count). The Bertz CT molecular complexity index is 361. The molecule has 0 amide bonds. The van der Waals surface area contributed by atoms with E-state index in [1.807, 2.05) is 0 Å². The van der Waals surface area contributed by atoms with Gasteiger partial charge in [-0.05, 0) is 12.8 Å². The van der Waals surface area contributed by atoms with Crippen LogP contribution in [0.25, 0.3) is 0 Å². The zero-order valence-corrected chi connectivity index (χ0v) is 9.37. The Morgan fingerprint density at radius 3 is 2.86 bits per heavy atom. The van der Waals surface area contributed by atoms with Crippen molar-refractivity contribution in [2.75, 3.05) is 0 Å². The molecule has 1 aliphatic rings. The number of hydrogen-bond acceptors (Lipinski definition) is 3. The van der Waals surface area contributed by atoms with Crippen molar-refractivity contribution >= 4 is 22.9 Å². The average molecular weight is 227 g/mol. The fourth-order valence-corrected chi connectivity index (χ4v) is 3.26. The van der Waals surface area contributed by atoms with Crippen LogP contribution < -0.4 is 0 Å². The predicted molar refractivity (Wildman–Crippen MR) is 57.7 cm³/mol. The first-order valence-corrected chi connectivity index (χ1v) is 6.02. The molecule has 1 aliphatic carbocycles. The molecule has 1 aromatic heterocycles. The number of hydrogen-bond donors (Lipinski definition) is 0. The lowest BCUT2D eigenvalue weighted by Crippen LogP contribution is -1.89. The van der Waals surface area contributed by atoms with Crippen molar-refractivity contribution < 1.29 is 0 Å². The lowest BCUT2D eigenvalue weighted by atomic mass is 10.1. The number of nitrogens with zero attached hydrogens (tertiary/aromatic N) is 2. The average Bonchev–Trinajstić information content (AvgIpc) is 2.76. The first-order valence-electron chi connectivity index (χ1n) is 4.83. The summed E-state index contributed by atoms with van der Waals surface area (Å²) in [6, 6.07) is 2.11. The molecular formula is C10H11ClN2S. The van der Waals surface area contributed by atoms with Crippen molar-refractivity contribution in [2.24, 2.45) is 0 Å². The first-order chi connectivity index (χ1) is 6.81. The van der Waals surface area contributed by atoms with Gasteiger partial charge in [-0.3, -0.25) is 0 Å². The van der Waals surface area contributed by atoms with E-state index in [-0.39, 0.29) is 0 Å². The van der Waals surface area contributed by atoms with Crippen LogP contribution in [-0.2, 0) is 6.42 Å². The molecule has 1 aromatic rings. The van der Waals surface area contributed by atoms with Crippen molar-refractivity contribution in [3.63, 3.8) is 0 Å². The molecule has 0 unspecified atom stereocenters. The number of halogens is 1. The molecule has 0 saturated heterocycles. The lowest BCUT2D eigenvalue weighted by Gasteiger charge is -2.01. The number of nitriles is 1. The number of thiazole rings is 1. The van der Waals surface area contributed by atoms with Crippen LogP contribution in [0, 0.1) is 11.3 Å². The molecule has 0 N–H and O–H groups in total. The van der Waals surface area contributed by atoms with E-state index >= 15 is 0 Å². The normalized spacial score (nSPS) is 17.1. The van der Waals surface area contributed by atoms with Gasteiger partial charge in [0.05, 0.1) is 22.4 Å². The van der Waals surface area contributed by atoms with E-state index in [1.165, 1.54) is 25.7 Å². The van der Waals surface area contributed by atoms with Gasteiger partial charge < -0.3 is 0 Å². The van der Waals surface area contributed by atoms with E-state index < -0.39 is 0 Å². The second-order valence-electron chi connectivity index (χ2n) is 3.58. The predicted octanol–water partition coefficient (Wildman–Crippen LogP) is 3.52. The summed E-state index contributed by atoms with van der Waals surface area (Å²) in [7, 11) is 0. The topological polar surface area (TPSA) is 36.7 Å². The van der Waals surface area contributed by atoms with E-state index in [2.05, 4.69) is 11.1 Å². The lowest BCUT2D eigenvalue weighted by molar-refractivity contribution is 0.716. The van der Waals surface area contributed by atoms with Crippen LogP contribution in [0.5, 0.6) is 0 Å². The molecular weight excluding hydrogens is 216 g/mol. The maximum atomic E-state index is 8.59. The zero-order valence-electron chi connectivity index (χ0n) is 7.79. The van der Waals surface area contributed by atoms with E-state index in [1.54, 1.807) is 11.3 Å². The third-order valence-corrected chi connectivity index (χ3v) is 4.25. The van der Waals surface area contributed by atoms with E-state index in [4.69, 9.17) is 16.9 Å². The summed E-state index contributed by atoms with van der Waals surface area (Å²) in [5, 5.41) is 10.3. The molecule has 0 radical (unpaired) electrons. The highest BCUT2D eigenvalue weighted by Crippen LogP contribution is 2.38. The Morgan fingerprint density at radius 1 is 1.50 bits per heavy atom. The van der Waals surface area contributed by atoms with Crippen molar-refractivity contribution in [3.8, 4) is 6.07 Å². The van der Waals surface area contributed by atoms with Gasteiger partial charge in [-0.1, -0.05) is 24.4 Å². The molecule has 74 valence electrons. The summed E-state index contributed by atoms with van der Waals surface area (Å²) >= 11 is 7.57. The summed E-state index contributed by atoms with van der Waals surface area (Å²) in [6.45, 7) is 0. The van der Waals surface area contributed by atoms with Crippen molar-refractivity contribution in [1.82, 2.24) is 4.98 Å². The van der Waals surface area contributed by atoms with E-state index in [9.17, 15) is 0 Å². The smallest absolute Gasteiger partial charge is 0.144 e. The van der Waals surface area contributed by atoms with E-state index in [0.29, 0.717) is 17.5 Å². The fourth-order valence-electron chi connectivity index (χ4n) is 1.88. The molecule has 4 heteroatoms. The molecule has 1 saturated carbocycles. The SMILES string of the molecule is N#CCc1sc(C2CCCC2)nc1Cl. The van der Waals surface area contributed by atoms with Gasteiger partial charge in [-0.25, -0.2) is 4.98 Å².